The van der Waals surface area contributed by atoms with Crippen LogP contribution in [0, 0.1) is 11.3 Å². The van der Waals surface area contributed by atoms with Gasteiger partial charge in [0, 0.05) is 24.7 Å². The molecule has 0 aliphatic heterocycles. The minimum absolute atomic E-state index is 0.390. The van der Waals surface area contributed by atoms with Gasteiger partial charge in [-0.1, -0.05) is 35.0 Å². The molecule has 104 valence electrons. The highest BCUT2D eigenvalue weighted by atomic mass is 35.5. The summed E-state index contributed by atoms with van der Waals surface area (Å²) in [4.78, 5) is 4.36. The summed E-state index contributed by atoms with van der Waals surface area (Å²) in [5, 5.41) is 13.5. The zero-order valence-electron chi connectivity index (χ0n) is 11.2. The predicted molar refractivity (Wildman–Crippen MR) is 77.7 cm³/mol. The molecule has 0 fully saturated rings. The standard InChI is InChI=1S/C15H11ClN4O/c1-20-9-10(8-17)6-13(20)15-18-14(19-21-15)7-11-4-2-3-5-12(11)16/h2-6,9H,7H2,1H3. The van der Waals surface area contributed by atoms with Crippen LogP contribution in [0.3, 0.4) is 0 Å². The summed E-state index contributed by atoms with van der Waals surface area (Å²) in [5.41, 5.74) is 2.21. The quantitative estimate of drug-likeness (QED) is 0.744. The molecule has 6 heteroatoms. The van der Waals surface area contributed by atoms with Gasteiger partial charge in [-0.05, 0) is 17.7 Å². The maximum Gasteiger partial charge on any atom is 0.274 e. The van der Waals surface area contributed by atoms with Crippen LogP contribution in [-0.2, 0) is 13.5 Å². The second-order valence-electron chi connectivity index (χ2n) is 4.62. The summed E-state index contributed by atoms with van der Waals surface area (Å²) in [6.07, 6.45) is 2.21. The number of halogens is 1. The Morgan fingerprint density at radius 3 is 2.90 bits per heavy atom. The molecule has 0 N–H and O–H groups in total. The number of aromatic nitrogens is 3. The van der Waals surface area contributed by atoms with Crippen LogP contribution in [0.2, 0.25) is 5.02 Å². The maximum atomic E-state index is 8.91. The van der Waals surface area contributed by atoms with Crippen molar-refractivity contribution in [3.63, 3.8) is 0 Å². The molecule has 0 bridgehead atoms. The molecule has 0 aliphatic rings. The molecule has 0 saturated heterocycles. The molecular weight excluding hydrogens is 288 g/mol. The van der Waals surface area contributed by atoms with E-state index in [4.69, 9.17) is 21.4 Å². The van der Waals surface area contributed by atoms with Crippen LogP contribution in [0.1, 0.15) is 17.0 Å². The maximum absolute atomic E-state index is 8.91. The van der Waals surface area contributed by atoms with Crippen molar-refractivity contribution in [2.45, 2.75) is 6.42 Å². The molecule has 1 aromatic carbocycles. The van der Waals surface area contributed by atoms with Crippen molar-refractivity contribution in [3.05, 3.63) is 58.5 Å². The molecule has 21 heavy (non-hydrogen) atoms. The van der Waals surface area contributed by atoms with Crippen molar-refractivity contribution in [1.29, 1.82) is 5.26 Å². The zero-order valence-corrected chi connectivity index (χ0v) is 12.0. The van der Waals surface area contributed by atoms with Crippen LogP contribution in [-0.4, -0.2) is 14.7 Å². The molecule has 0 saturated carbocycles. The topological polar surface area (TPSA) is 67.6 Å². The Bertz CT molecular complexity index is 828. The zero-order chi connectivity index (χ0) is 14.8. The average molecular weight is 299 g/mol. The van der Waals surface area contributed by atoms with Gasteiger partial charge in [0.05, 0.1) is 5.56 Å². The van der Waals surface area contributed by atoms with E-state index in [0.717, 1.165) is 5.56 Å². The highest BCUT2D eigenvalue weighted by molar-refractivity contribution is 6.31. The van der Waals surface area contributed by atoms with E-state index in [9.17, 15) is 0 Å². The van der Waals surface area contributed by atoms with Gasteiger partial charge in [-0.2, -0.15) is 10.2 Å². The van der Waals surface area contributed by atoms with Crippen molar-refractivity contribution >= 4 is 11.6 Å². The van der Waals surface area contributed by atoms with E-state index in [1.807, 2.05) is 31.3 Å². The first-order valence-corrected chi connectivity index (χ1v) is 6.68. The molecule has 0 unspecified atom stereocenters. The first-order chi connectivity index (χ1) is 10.2. The summed E-state index contributed by atoms with van der Waals surface area (Å²) in [6.45, 7) is 0. The summed E-state index contributed by atoms with van der Waals surface area (Å²) in [7, 11) is 1.83. The van der Waals surface area contributed by atoms with Crippen LogP contribution >= 0.6 is 11.6 Å². The van der Waals surface area contributed by atoms with E-state index in [2.05, 4.69) is 16.2 Å². The van der Waals surface area contributed by atoms with E-state index in [-0.39, 0.29) is 0 Å². The third-order valence-electron chi connectivity index (χ3n) is 3.13. The molecule has 0 aliphatic carbocycles. The lowest BCUT2D eigenvalue weighted by Crippen LogP contribution is -1.93. The SMILES string of the molecule is Cn1cc(C#N)cc1-c1nc(Cc2ccccc2Cl)no1. The van der Waals surface area contributed by atoms with Crippen LogP contribution in [0.25, 0.3) is 11.6 Å². The highest BCUT2D eigenvalue weighted by Crippen LogP contribution is 2.22. The smallest absolute Gasteiger partial charge is 0.274 e. The lowest BCUT2D eigenvalue weighted by atomic mass is 10.1. The van der Waals surface area contributed by atoms with Gasteiger partial charge in [-0.3, -0.25) is 0 Å². The van der Waals surface area contributed by atoms with Gasteiger partial charge < -0.3 is 9.09 Å². The minimum atomic E-state index is 0.390. The second-order valence-corrected chi connectivity index (χ2v) is 5.03. The minimum Gasteiger partial charge on any atom is -0.345 e. The number of hydrogen-bond acceptors (Lipinski definition) is 4. The number of nitrogens with zero attached hydrogens (tertiary/aromatic N) is 4. The molecule has 0 radical (unpaired) electrons. The van der Waals surface area contributed by atoms with E-state index in [1.54, 1.807) is 16.8 Å². The second kappa shape index (κ2) is 5.43. The Morgan fingerprint density at radius 1 is 1.38 bits per heavy atom. The molecule has 3 aromatic rings. The molecule has 2 heterocycles. The van der Waals surface area contributed by atoms with Crippen molar-refractivity contribution < 1.29 is 4.52 Å². The fourth-order valence-electron chi connectivity index (χ4n) is 2.08. The van der Waals surface area contributed by atoms with Crippen LogP contribution in [0.4, 0.5) is 0 Å². The van der Waals surface area contributed by atoms with Crippen molar-refractivity contribution in [3.8, 4) is 17.7 Å². The van der Waals surface area contributed by atoms with Crippen LogP contribution < -0.4 is 0 Å². The van der Waals surface area contributed by atoms with E-state index >= 15 is 0 Å². The Labute approximate surface area is 126 Å². The normalized spacial score (nSPS) is 10.5. The molecule has 3 rings (SSSR count). The van der Waals surface area contributed by atoms with E-state index in [1.165, 1.54) is 0 Å². The van der Waals surface area contributed by atoms with Crippen LogP contribution in [0.15, 0.2) is 41.1 Å². The monoisotopic (exact) mass is 298 g/mol. The Balaban J connectivity index is 1.88. The van der Waals surface area contributed by atoms with Gasteiger partial charge in [0.25, 0.3) is 5.89 Å². The molecule has 5 nitrogen and oxygen atoms in total. The summed E-state index contributed by atoms with van der Waals surface area (Å²) >= 11 is 6.12. The van der Waals surface area contributed by atoms with Crippen LogP contribution in [0.5, 0.6) is 0 Å². The highest BCUT2D eigenvalue weighted by Gasteiger charge is 2.14. The first kappa shape index (κ1) is 13.4. The Hall–Kier alpha value is -2.58. The van der Waals surface area contributed by atoms with Gasteiger partial charge in [0.2, 0.25) is 0 Å². The molecule has 0 amide bonds. The van der Waals surface area contributed by atoms with Gasteiger partial charge in [-0.25, -0.2) is 0 Å². The Morgan fingerprint density at radius 2 is 2.19 bits per heavy atom. The fourth-order valence-corrected chi connectivity index (χ4v) is 2.28. The van der Waals surface area contributed by atoms with Crippen molar-refractivity contribution in [2.24, 2.45) is 7.05 Å². The van der Waals surface area contributed by atoms with Crippen molar-refractivity contribution in [1.82, 2.24) is 14.7 Å². The fraction of sp³-hybridized carbons (Fsp3) is 0.133. The molecular formula is C15H11ClN4O. The number of nitriles is 1. The lowest BCUT2D eigenvalue weighted by molar-refractivity contribution is 0.421. The number of benzene rings is 1. The number of aryl methyl sites for hydroxylation is 1. The largest absolute Gasteiger partial charge is 0.345 e. The van der Waals surface area contributed by atoms with E-state index in [0.29, 0.717) is 34.4 Å². The summed E-state index contributed by atoms with van der Waals surface area (Å²) in [5.74, 6) is 0.943. The first-order valence-electron chi connectivity index (χ1n) is 6.30. The van der Waals surface area contributed by atoms with Gasteiger partial charge >= 0.3 is 0 Å². The van der Waals surface area contributed by atoms with Gasteiger partial charge in [0.15, 0.2) is 5.82 Å². The average Bonchev–Trinajstić information content (AvgIpc) is 3.07. The summed E-state index contributed by atoms with van der Waals surface area (Å²) < 4.78 is 7.05. The van der Waals surface area contributed by atoms with Gasteiger partial charge in [-0.15, -0.1) is 0 Å². The molecule has 2 aromatic heterocycles. The third-order valence-corrected chi connectivity index (χ3v) is 3.50. The lowest BCUT2D eigenvalue weighted by Gasteiger charge is -1.99. The third kappa shape index (κ3) is 2.67. The van der Waals surface area contributed by atoms with E-state index < -0.39 is 0 Å². The Kier molecular flexibility index (Phi) is 3.46. The predicted octanol–water partition coefficient (Wildman–Crippen LogP) is 3.19. The molecule has 0 atom stereocenters. The molecule has 0 spiro atoms. The summed E-state index contributed by atoms with van der Waals surface area (Å²) in [6, 6.07) is 11.3. The number of rotatable bonds is 3. The van der Waals surface area contributed by atoms with Gasteiger partial charge in [0.1, 0.15) is 11.8 Å². The number of hydrogen-bond donors (Lipinski definition) is 0. The van der Waals surface area contributed by atoms with Crippen molar-refractivity contribution in [2.75, 3.05) is 0 Å².